The second-order valence-electron chi connectivity index (χ2n) is 6.51. The van der Waals surface area contributed by atoms with Crippen molar-refractivity contribution >= 4 is 34.0 Å². The summed E-state index contributed by atoms with van der Waals surface area (Å²) in [4.78, 5) is 18.9. The van der Waals surface area contributed by atoms with Crippen molar-refractivity contribution in [2.24, 2.45) is 5.92 Å². The maximum Gasteiger partial charge on any atom is 0.264 e. The Morgan fingerprint density at radius 2 is 2.23 bits per heavy atom. The number of rotatable bonds is 6. The highest BCUT2D eigenvalue weighted by atomic mass is 35.5. The van der Waals surface area contributed by atoms with Crippen molar-refractivity contribution in [3.63, 3.8) is 0 Å². The van der Waals surface area contributed by atoms with Gasteiger partial charge in [-0.25, -0.2) is 9.37 Å². The molecular formula is C18H21ClFN3O2S. The van der Waals surface area contributed by atoms with E-state index in [1.165, 1.54) is 36.3 Å². The number of benzene rings is 1. The summed E-state index contributed by atoms with van der Waals surface area (Å²) in [5.74, 6) is 0.275. The lowest BCUT2D eigenvalue weighted by atomic mass is 9.99. The van der Waals surface area contributed by atoms with Gasteiger partial charge in [0.1, 0.15) is 11.6 Å². The normalized spacial score (nSPS) is 15.8. The number of hydrogen-bond acceptors (Lipinski definition) is 5. The molecule has 0 atom stereocenters. The largest absolute Gasteiger partial charge is 0.482 e. The molecule has 0 bridgehead atoms. The average Bonchev–Trinajstić information content (AvgIpc) is 3.03. The Balaban J connectivity index is 1.46. The SMILES string of the molecule is CC1CCN(Cc2csc(NC(=O)COc3ccc(F)cc3Cl)n2)CC1. The van der Waals surface area contributed by atoms with Crippen molar-refractivity contribution in [1.82, 2.24) is 9.88 Å². The monoisotopic (exact) mass is 397 g/mol. The molecule has 1 amide bonds. The van der Waals surface area contributed by atoms with Crippen LogP contribution in [0.4, 0.5) is 9.52 Å². The molecule has 1 aromatic heterocycles. The molecule has 5 nitrogen and oxygen atoms in total. The van der Waals surface area contributed by atoms with Gasteiger partial charge < -0.3 is 4.74 Å². The Morgan fingerprint density at radius 1 is 1.46 bits per heavy atom. The van der Waals surface area contributed by atoms with Gasteiger partial charge in [-0.15, -0.1) is 11.3 Å². The Labute approximate surface area is 161 Å². The number of likely N-dealkylation sites (tertiary alicyclic amines) is 1. The molecule has 1 aliphatic heterocycles. The number of aromatic nitrogens is 1. The first-order chi connectivity index (χ1) is 12.5. The predicted octanol–water partition coefficient (Wildman–Crippen LogP) is 4.19. The molecule has 140 valence electrons. The summed E-state index contributed by atoms with van der Waals surface area (Å²) in [6, 6.07) is 3.77. The third kappa shape index (κ3) is 5.40. The molecule has 1 N–H and O–H groups in total. The summed E-state index contributed by atoms with van der Waals surface area (Å²) in [6.45, 7) is 5.05. The number of nitrogens with one attached hydrogen (secondary N) is 1. The van der Waals surface area contributed by atoms with E-state index in [4.69, 9.17) is 16.3 Å². The van der Waals surface area contributed by atoms with Crippen LogP contribution in [0.15, 0.2) is 23.6 Å². The molecule has 2 heterocycles. The molecule has 3 rings (SSSR count). The zero-order chi connectivity index (χ0) is 18.5. The lowest BCUT2D eigenvalue weighted by Gasteiger charge is -2.29. The standard InChI is InChI=1S/C18H21ClFN3O2S/c1-12-4-6-23(7-5-12)9-14-11-26-18(21-14)22-17(24)10-25-16-3-2-13(20)8-15(16)19/h2-3,8,11-12H,4-7,9-10H2,1H3,(H,21,22,24). The van der Waals surface area contributed by atoms with Crippen LogP contribution in [0.1, 0.15) is 25.5 Å². The maximum atomic E-state index is 13.0. The summed E-state index contributed by atoms with van der Waals surface area (Å²) >= 11 is 7.26. The minimum atomic E-state index is -0.453. The van der Waals surface area contributed by atoms with Crippen molar-refractivity contribution in [3.8, 4) is 5.75 Å². The number of hydrogen-bond donors (Lipinski definition) is 1. The third-order valence-corrected chi connectivity index (χ3v) is 5.41. The second kappa shape index (κ2) is 8.79. The Kier molecular flexibility index (Phi) is 6.45. The number of ether oxygens (including phenoxy) is 1. The molecule has 26 heavy (non-hydrogen) atoms. The number of carbonyl (C=O) groups is 1. The van der Waals surface area contributed by atoms with Crippen molar-refractivity contribution in [1.29, 1.82) is 0 Å². The van der Waals surface area contributed by atoms with Crippen molar-refractivity contribution < 1.29 is 13.9 Å². The van der Waals surface area contributed by atoms with E-state index in [1.54, 1.807) is 0 Å². The van der Waals surface area contributed by atoms with Gasteiger partial charge in [0.25, 0.3) is 5.91 Å². The van der Waals surface area contributed by atoms with Crippen LogP contribution in [-0.2, 0) is 11.3 Å². The Bertz CT molecular complexity index is 763. The van der Waals surface area contributed by atoms with E-state index < -0.39 is 5.82 Å². The van der Waals surface area contributed by atoms with Gasteiger partial charge >= 0.3 is 0 Å². The quantitative estimate of drug-likeness (QED) is 0.794. The van der Waals surface area contributed by atoms with Crippen LogP contribution >= 0.6 is 22.9 Å². The Hall–Kier alpha value is -1.70. The van der Waals surface area contributed by atoms with Crippen molar-refractivity contribution in [2.75, 3.05) is 25.0 Å². The summed E-state index contributed by atoms with van der Waals surface area (Å²) < 4.78 is 18.3. The zero-order valence-corrected chi connectivity index (χ0v) is 16.1. The molecular weight excluding hydrogens is 377 g/mol. The van der Waals surface area contributed by atoms with E-state index in [0.717, 1.165) is 37.3 Å². The number of piperidine rings is 1. The molecule has 0 unspecified atom stereocenters. The van der Waals surface area contributed by atoms with E-state index >= 15 is 0 Å². The summed E-state index contributed by atoms with van der Waals surface area (Å²) in [5.41, 5.74) is 0.961. The van der Waals surface area contributed by atoms with Gasteiger partial charge in [0.2, 0.25) is 0 Å². The van der Waals surface area contributed by atoms with Crippen LogP contribution in [0.5, 0.6) is 5.75 Å². The van der Waals surface area contributed by atoms with Crippen LogP contribution < -0.4 is 10.1 Å². The van der Waals surface area contributed by atoms with Crippen LogP contribution in [0.3, 0.4) is 0 Å². The number of carbonyl (C=O) groups excluding carboxylic acids is 1. The van der Waals surface area contributed by atoms with Gasteiger partial charge in [-0.1, -0.05) is 18.5 Å². The van der Waals surface area contributed by atoms with Crippen LogP contribution in [0.2, 0.25) is 5.02 Å². The molecule has 0 aliphatic carbocycles. The van der Waals surface area contributed by atoms with Gasteiger partial charge in [-0.3, -0.25) is 15.0 Å². The number of anilines is 1. The minimum absolute atomic E-state index is 0.130. The third-order valence-electron chi connectivity index (χ3n) is 4.31. The fourth-order valence-electron chi connectivity index (χ4n) is 2.78. The van der Waals surface area contributed by atoms with Crippen molar-refractivity contribution in [3.05, 3.63) is 40.1 Å². The first kappa shape index (κ1) is 19.1. The highest BCUT2D eigenvalue weighted by Crippen LogP contribution is 2.25. The van der Waals surface area contributed by atoms with Gasteiger partial charge in [-0.05, 0) is 50.0 Å². The fraction of sp³-hybridized carbons (Fsp3) is 0.444. The smallest absolute Gasteiger partial charge is 0.264 e. The summed E-state index contributed by atoms with van der Waals surface area (Å²) in [6.07, 6.45) is 2.44. The van der Waals surface area contributed by atoms with Gasteiger partial charge in [0, 0.05) is 11.9 Å². The number of thiazole rings is 1. The molecule has 1 fully saturated rings. The van der Waals surface area contributed by atoms with Gasteiger partial charge in [-0.2, -0.15) is 0 Å². The molecule has 1 aliphatic rings. The predicted molar refractivity (Wildman–Crippen MR) is 101 cm³/mol. The molecule has 1 aromatic carbocycles. The highest BCUT2D eigenvalue weighted by molar-refractivity contribution is 7.13. The highest BCUT2D eigenvalue weighted by Gasteiger charge is 2.17. The average molecular weight is 398 g/mol. The van der Waals surface area contributed by atoms with E-state index in [-0.39, 0.29) is 23.3 Å². The minimum Gasteiger partial charge on any atom is -0.482 e. The molecule has 0 radical (unpaired) electrons. The maximum absolute atomic E-state index is 13.0. The van der Waals surface area contributed by atoms with E-state index in [0.29, 0.717) is 5.13 Å². The van der Waals surface area contributed by atoms with E-state index in [2.05, 4.69) is 22.1 Å². The molecule has 8 heteroatoms. The van der Waals surface area contributed by atoms with Crippen LogP contribution in [0, 0.1) is 11.7 Å². The van der Waals surface area contributed by atoms with Crippen LogP contribution in [-0.4, -0.2) is 35.5 Å². The summed E-state index contributed by atoms with van der Waals surface area (Å²) in [5, 5.41) is 5.35. The first-order valence-electron chi connectivity index (χ1n) is 8.54. The zero-order valence-electron chi connectivity index (χ0n) is 14.5. The van der Waals surface area contributed by atoms with E-state index in [9.17, 15) is 9.18 Å². The number of nitrogens with zero attached hydrogens (tertiary/aromatic N) is 2. The van der Waals surface area contributed by atoms with Gasteiger partial charge in [0.15, 0.2) is 11.7 Å². The molecule has 2 aromatic rings. The lowest BCUT2D eigenvalue weighted by Crippen LogP contribution is -2.32. The van der Waals surface area contributed by atoms with Crippen LogP contribution in [0.25, 0.3) is 0 Å². The number of halogens is 2. The molecule has 0 spiro atoms. The fourth-order valence-corrected chi connectivity index (χ4v) is 3.72. The molecule has 1 saturated heterocycles. The van der Waals surface area contributed by atoms with E-state index in [1.807, 2.05) is 5.38 Å². The lowest BCUT2D eigenvalue weighted by molar-refractivity contribution is -0.118. The first-order valence-corrected chi connectivity index (χ1v) is 9.80. The molecule has 0 saturated carbocycles. The second-order valence-corrected chi connectivity index (χ2v) is 7.78. The van der Waals surface area contributed by atoms with Crippen molar-refractivity contribution in [2.45, 2.75) is 26.3 Å². The Morgan fingerprint density at radius 3 is 2.96 bits per heavy atom. The summed E-state index contributed by atoms with van der Waals surface area (Å²) in [7, 11) is 0. The number of amides is 1. The van der Waals surface area contributed by atoms with Gasteiger partial charge in [0.05, 0.1) is 10.7 Å². The topological polar surface area (TPSA) is 54.5 Å².